The number of carboxylic acid groups (broad SMARTS) is 1. The molecule has 0 spiro atoms. The number of ether oxygens (including phenoxy) is 1. The Kier molecular flexibility index (Phi) is 3.09. The van der Waals surface area contributed by atoms with Crippen molar-refractivity contribution in [1.82, 2.24) is 0 Å². The average molecular weight is 248 g/mol. The van der Waals surface area contributed by atoms with Crippen LogP contribution >= 0.6 is 0 Å². The fourth-order valence-corrected chi connectivity index (χ4v) is 2.68. The Labute approximate surface area is 108 Å². The standard InChI is InChI=1S/C15H20O3/c1-9-7-10(2)12-5-6-15(4,8-13(16)17)18-14(12)11(9)3/h7H,5-6,8H2,1-4H3,(H,16,17). The highest BCUT2D eigenvalue weighted by Gasteiger charge is 2.35. The fourth-order valence-electron chi connectivity index (χ4n) is 2.68. The van der Waals surface area contributed by atoms with Crippen LogP contribution in [0.15, 0.2) is 6.07 Å². The molecule has 0 aromatic heterocycles. The molecule has 18 heavy (non-hydrogen) atoms. The van der Waals surface area contributed by atoms with Gasteiger partial charge in [-0.2, -0.15) is 0 Å². The van der Waals surface area contributed by atoms with E-state index in [9.17, 15) is 4.79 Å². The summed E-state index contributed by atoms with van der Waals surface area (Å²) in [4.78, 5) is 10.9. The van der Waals surface area contributed by atoms with Crippen molar-refractivity contribution in [3.8, 4) is 5.75 Å². The maximum Gasteiger partial charge on any atom is 0.307 e. The van der Waals surface area contributed by atoms with Gasteiger partial charge in [-0.3, -0.25) is 4.79 Å². The number of fused-ring (bicyclic) bond motifs is 1. The van der Waals surface area contributed by atoms with Crippen molar-refractivity contribution in [2.45, 2.75) is 52.6 Å². The molecule has 0 radical (unpaired) electrons. The van der Waals surface area contributed by atoms with Crippen molar-refractivity contribution < 1.29 is 14.6 Å². The van der Waals surface area contributed by atoms with Gasteiger partial charge in [0, 0.05) is 0 Å². The maximum absolute atomic E-state index is 10.9. The van der Waals surface area contributed by atoms with Crippen LogP contribution in [-0.4, -0.2) is 16.7 Å². The smallest absolute Gasteiger partial charge is 0.307 e. The molecule has 0 amide bonds. The van der Waals surface area contributed by atoms with E-state index in [1.165, 1.54) is 16.7 Å². The van der Waals surface area contributed by atoms with Gasteiger partial charge in [-0.1, -0.05) is 6.07 Å². The number of hydrogen-bond donors (Lipinski definition) is 1. The Hall–Kier alpha value is -1.51. The van der Waals surface area contributed by atoms with Crippen LogP contribution in [0, 0.1) is 20.8 Å². The van der Waals surface area contributed by atoms with Crippen LogP contribution in [-0.2, 0) is 11.2 Å². The summed E-state index contributed by atoms with van der Waals surface area (Å²) in [7, 11) is 0. The van der Waals surface area contributed by atoms with E-state index in [1.54, 1.807) is 0 Å². The van der Waals surface area contributed by atoms with E-state index in [2.05, 4.69) is 19.9 Å². The van der Waals surface area contributed by atoms with Crippen LogP contribution in [0.4, 0.5) is 0 Å². The lowest BCUT2D eigenvalue weighted by Crippen LogP contribution is -2.39. The number of rotatable bonds is 2. The van der Waals surface area contributed by atoms with Crippen molar-refractivity contribution in [1.29, 1.82) is 0 Å². The van der Waals surface area contributed by atoms with Crippen LogP contribution in [0.3, 0.4) is 0 Å². The van der Waals surface area contributed by atoms with Crippen LogP contribution in [0.25, 0.3) is 0 Å². The SMILES string of the molecule is Cc1cc(C)c2c(c1C)OC(C)(CC(=O)O)CC2. The monoisotopic (exact) mass is 248 g/mol. The topological polar surface area (TPSA) is 46.5 Å². The molecule has 3 heteroatoms. The fraction of sp³-hybridized carbons (Fsp3) is 0.533. The minimum absolute atomic E-state index is 0.0544. The van der Waals surface area contributed by atoms with Crippen LogP contribution in [0.1, 0.15) is 42.0 Å². The molecule has 1 atom stereocenters. The van der Waals surface area contributed by atoms with Gasteiger partial charge in [0.25, 0.3) is 0 Å². The third kappa shape index (κ3) is 2.22. The summed E-state index contributed by atoms with van der Waals surface area (Å²) in [6, 6.07) is 2.18. The Morgan fingerprint density at radius 3 is 2.67 bits per heavy atom. The number of aryl methyl sites for hydroxylation is 2. The summed E-state index contributed by atoms with van der Waals surface area (Å²) < 4.78 is 6.04. The first-order valence-corrected chi connectivity index (χ1v) is 6.33. The average Bonchev–Trinajstić information content (AvgIpc) is 2.24. The molecule has 1 unspecified atom stereocenters. The maximum atomic E-state index is 10.9. The van der Waals surface area contributed by atoms with Crippen molar-refractivity contribution in [2.24, 2.45) is 0 Å². The van der Waals surface area contributed by atoms with Gasteiger partial charge in [-0.25, -0.2) is 0 Å². The van der Waals surface area contributed by atoms with E-state index in [1.807, 2.05) is 13.8 Å². The molecule has 1 heterocycles. The Morgan fingerprint density at radius 1 is 1.39 bits per heavy atom. The van der Waals surface area contributed by atoms with E-state index in [-0.39, 0.29) is 6.42 Å². The van der Waals surface area contributed by atoms with Crippen molar-refractivity contribution >= 4 is 5.97 Å². The van der Waals surface area contributed by atoms with Crippen LogP contribution in [0.5, 0.6) is 5.75 Å². The second-order valence-corrected chi connectivity index (χ2v) is 5.57. The normalized spacial score (nSPS) is 22.2. The first kappa shape index (κ1) is 12.9. The first-order chi connectivity index (χ1) is 8.32. The molecule has 98 valence electrons. The van der Waals surface area contributed by atoms with Crippen molar-refractivity contribution in [3.63, 3.8) is 0 Å². The van der Waals surface area contributed by atoms with Gasteiger partial charge < -0.3 is 9.84 Å². The molecule has 1 aliphatic rings. The van der Waals surface area contributed by atoms with Crippen molar-refractivity contribution in [3.05, 3.63) is 28.3 Å². The van der Waals surface area contributed by atoms with Gasteiger partial charge in [0.1, 0.15) is 11.4 Å². The number of benzene rings is 1. The molecule has 0 aliphatic carbocycles. The molecule has 1 N–H and O–H groups in total. The third-order valence-electron chi connectivity index (χ3n) is 3.89. The van der Waals surface area contributed by atoms with E-state index in [0.717, 1.165) is 24.2 Å². The Balaban J connectivity index is 2.42. The quantitative estimate of drug-likeness (QED) is 0.874. The van der Waals surface area contributed by atoms with Crippen molar-refractivity contribution in [2.75, 3.05) is 0 Å². The molecular weight excluding hydrogens is 228 g/mol. The van der Waals surface area contributed by atoms with Gasteiger partial charge in [-0.15, -0.1) is 0 Å². The van der Waals surface area contributed by atoms with Gasteiger partial charge >= 0.3 is 5.97 Å². The van der Waals surface area contributed by atoms with Gasteiger partial charge in [-0.05, 0) is 62.8 Å². The first-order valence-electron chi connectivity index (χ1n) is 6.33. The minimum atomic E-state index is -0.803. The molecule has 2 rings (SSSR count). The number of carbonyl (C=O) groups is 1. The van der Waals surface area contributed by atoms with E-state index >= 15 is 0 Å². The second kappa shape index (κ2) is 4.30. The van der Waals surface area contributed by atoms with Crippen LogP contribution in [0.2, 0.25) is 0 Å². The lowest BCUT2D eigenvalue weighted by molar-refractivity contribution is -0.141. The number of carboxylic acids is 1. The lowest BCUT2D eigenvalue weighted by atomic mass is 9.86. The summed E-state index contributed by atoms with van der Waals surface area (Å²) in [6.45, 7) is 8.09. The summed E-state index contributed by atoms with van der Waals surface area (Å²) in [5.41, 5.74) is 4.23. The summed E-state index contributed by atoms with van der Waals surface area (Å²) >= 11 is 0. The summed E-state index contributed by atoms with van der Waals surface area (Å²) in [6.07, 6.45) is 1.71. The lowest BCUT2D eigenvalue weighted by Gasteiger charge is -2.36. The molecule has 0 saturated carbocycles. The third-order valence-corrected chi connectivity index (χ3v) is 3.89. The highest BCUT2D eigenvalue weighted by atomic mass is 16.5. The Morgan fingerprint density at radius 2 is 2.06 bits per heavy atom. The highest BCUT2D eigenvalue weighted by Crippen LogP contribution is 2.40. The zero-order chi connectivity index (χ0) is 13.5. The molecular formula is C15H20O3. The molecule has 0 fully saturated rings. The van der Waals surface area contributed by atoms with Gasteiger partial charge in [0.15, 0.2) is 0 Å². The number of aliphatic carboxylic acids is 1. The molecule has 0 saturated heterocycles. The highest BCUT2D eigenvalue weighted by molar-refractivity contribution is 5.68. The van der Waals surface area contributed by atoms with Gasteiger partial charge in [0.05, 0.1) is 6.42 Å². The van der Waals surface area contributed by atoms with Crippen LogP contribution < -0.4 is 4.74 Å². The molecule has 0 bridgehead atoms. The number of hydrogen-bond acceptors (Lipinski definition) is 2. The van der Waals surface area contributed by atoms with Gasteiger partial charge in [0.2, 0.25) is 0 Å². The predicted octanol–water partition coefficient (Wildman–Crippen LogP) is 3.17. The molecule has 1 aromatic carbocycles. The zero-order valence-electron chi connectivity index (χ0n) is 11.5. The molecule has 1 aromatic rings. The Bertz CT molecular complexity index is 505. The zero-order valence-corrected chi connectivity index (χ0v) is 11.5. The second-order valence-electron chi connectivity index (χ2n) is 5.57. The molecule has 1 aliphatic heterocycles. The van der Waals surface area contributed by atoms with E-state index in [0.29, 0.717) is 0 Å². The predicted molar refractivity (Wildman–Crippen MR) is 70.3 cm³/mol. The van der Waals surface area contributed by atoms with E-state index in [4.69, 9.17) is 9.84 Å². The summed E-state index contributed by atoms with van der Waals surface area (Å²) in [5, 5.41) is 8.98. The largest absolute Gasteiger partial charge is 0.486 e. The summed E-state index contributed by atoms with van der Waals surface area (Å²) in [5.74, 6) is 0.102. The molecule has 3 nitrogen and oxygen atoms in total. The van der Waals surface area contributed by atoms with E-state index < -0.39 is 11.6 Å². The minimum Gasteiger partial charge on any atom is -0.486 e.